The number of anilines is 1. The molecule has 0 atom stereocenters. The first kappa shape index (κ1) is 9.32. The summed E-state index contributed by atoms with van der Waals surface area (Å²) in [6.07, 6.45) is 5.62. The van der Waals surface area contributed by atoms with Crippen molar-refractivity contribution in [3.05, 3.63) is 18.0 Å². The lowest BCUT2D eigenvalue weighted by atomic mass is 10.1. The quantitative estimate of drug-likeness (QED) is 0.757. The van der Waals surface area contributed by atoms with Gasteiger partial charge in [0.15, 0.2) is 0 Å². The zero-order valence-electron chi connectivity index (χ0n) is 7.53. The molecule has 1 rings (SSSR count). The van der Waals surface area contributed by atoms with Gasteiger partial charge in [0.05, 0.1) is 0 Å². The summed E-state index contributed by atoms with van der Waals surface area (Å²) in [6, 6.07) is 0. The van der Waals surface area contributed by atoms with Crippen molar-refractivity contribution >= 4 is 17.7 Å². The number of hydrogen-bond donors (Lipinski definition) is 1. The Labute approximate surface area is 76.8 Å². The van der Waals surface area contributed by atoms with E-state index < -0.39 is 0 Å². The molecule has 12 heavy (non-hydrogen) atoms. The molecular weight excluding hydrogens is 170 g/mol. The van der Waals surface area contributed by atoms with Crippen molar-refractivity contribution in [1.29, 1.82) is 0 Å². The summed E-state index contributed by atoms with van der Waals surface area (Å²) < 4.78 is 0.0632. The van der Waals surface area contributed by atoms with Gasteiger partial charge in [0, 0.05) is 22.7 Å². The summed E-state index contributed by atoms with van der Waals surface area (Å²) in [5, 5.41) is 0. The summed E-state index contributed by atoms with van der Waals surface area (Å²) in [6.45, 7) is 4.26. The van der Waals surface area contributed by atoms with Crippen LogP contribution >= 0.6 is 11.8 Å². The monoisotopic (exact) mass is 183 g/mol. The summed E-state index contributed by atoms with van der Waals surface area (Å²) in [5.41, 5.74) is 6.48. The van der Waals surface area contributed by atoms with Crippen molar-refractivity contribution in [2.75, 3.05) is 12.0 Å². The largest absolute Gasteiger partial charge is 0.368 e. The third kappa shape index (κ3) is 1.88. The molecule has 0 aliphatic rings. The fourth-order valence-electron chi connectivity index (χ4n) is 0.767. The summed E-state index contributed by atoms with van der Waals surface area (Å²) >= 11 is 1.77. The summed E-state index contributed by atoms with van der Waals surface area (Å²) in [4.78, 5) is 7.89. The molecule has 0 unspecified atom stereocenters. The Hall–Kier alpha value is -0.770. The van der Waals surface area contributed by atoms with Gasteiger partial charge in [-0.25, -0.2) is 9.97 Å². The average Bonchev–Trinajstić information content (AvgIpc) is 2.05. The topological polar surface area (TPSA) is 51.8 Å². The molecule has 0 radical (unpaired) electrons. The number of nitrogen functional groups attached to an aromatic ring is 1. The second-order valence-electron chi connectivity index (χ2n) is 3.04. The molecule has 66 valence electrons. The Morgan fingerprint density at radius 2 is 1.83 bits per heavy atom. The van der Waals surface area contributed by atoms with Crippen LogP contribution in [0.3, 0.4) is 0 Å². The van der Waals surface area contributed by atoms with Gasteiger partial charge < -0.3 is 5.73 Å². The Morgan fingerprint density at radius 1 is 1.33 bits per heavy atom. The van der Waals surface area contributed by atoms with Crippen molar-refractivity contribution in [2.24, 2.45) is 0 Å². The van der Waals surface area contributed by atoms with Crippen LogP contribution in [0.4, 0.5) is 5.95 Å². The van der Waals surface area contributed by atoms with Crippen LogP contribution in [0.15, 0.2) is 12.4 Å². The highest BCUT2D eigenvalue weighted by molar-refractivity contribution is 7.99. The molecule has 0 amide bonds. The minimum absolute atomic E-state index is 0.0632. The minimum Gasteiger partial charge on any atom is -0.368 e. The first-order valence-electron chi connectivity index (χ1n) is 3.69. The van der Waals surface area contributed by atoms with Crippen molar-refractivity contribution in [2.45, 2.75) is 18.6 Å². The second kappa shape index (κ2) is 3.31. The van der Waals surface area contributed by atoms with Crippen LogP contribution in [0.25, 0.3) is 0 Å². The summed E-state index contributed by atoms with van der Waals surface area (Å²) in [5.74, 6) is 0.329. The minimum atomic E-state index is 0.0632. The van der Waals surface area contributed by atoms with Gasteiger partial charge >= 0.3 is 0 Å². The predicted molar refractivity (Wildman–Crippen MR) is 53.0 cm³/mol. The van der Waals surface area contributed by atoms with E-state index in [-0.39, 0.29) is 4.75 Å². The maximum absolute atomic E-state index is 5.38. The van der Waals surface area contributed by atoms with Crippen LogP contribution < -0.4 is 5.73 Å². The molecule has 3 nitrogen and oxygen atoms in total. The van der Waals surface area contributed by atoms with Crippen LogP contribution in [0.1, 0.15) is 19.4 Å². The second-order valence-corrected chi connectivity index (χ2v) is 4.47. The van der Waals surface area contributed by atoms with Gasteiger partial charge in [0.25, 0.3) is 0 Å². The maximum atomic E-state index is 5.38. The molecule has 1 heterocycles. The Morgan fingerprint density at radius 3 is 2.25 bits per heavy atom. The van der Waals surface area contributed by atoms with E-state index in [1.54, 1.807) is 24.2 Å². The molecule has 4 heteroatoms. The number of thioether (sulfide) groups is 1. The fraction of sp³-hybridized carbons (Fsp3) is 0.500. The first-order valence-corrected chi connectivity index (χ1v) is 4.92. The Bertz CT molecular complexity index is 256. The zero-order valence-corrected chi connectivity index (χ0v) is 8.35. The van der Waals surface area contributed by atoms with Crippen LogP contribution in [0.2, 0.25) is 0 Å². The van der Waals surface area contributed by atoms with Gasteiger partial charge in [0.2, 0.25) is 5.95 Å². The number of nitrogens with zero attached hydrogens (tertiary/aromatic N) is 2. The predicted octanol–water partition coefficient (Wildman–Crippen LogP) is 1.66. The molecule has 0 saturated heterocycles. The highest BCUT2D eigenvalue weighted by Crippen LogP contribution is 2.32. The lowest BCUT2D eigenvalue weighted by molar-refractivity contribution is 0.772. The van der Waals surface area contributed by atoms with Crippen molar-refractivity contribution < 1.29 is 0 Å². The Kier molecular flexibility index (Phi) is 2.57. The van der Waals surface area contributed by atoms with E-state index in [0.717, 1.165) is 5.56 Å². The third-order valence-electron chi connectivity index (χ3n) is 1.88. The van der Waals surface area contributed by atoms with E-state index in [1.807, 2.05) is 0 Å². The molecular formula is C8H13N3S. The third-order valence-corrected chi connectivity index (χ3v) is 3.13. The van der Waals surface area contributed by atoms with Crippen LogP contribution in [0, 0.1) is 0 Å². The van der Waals surface area contributed by atoms with E-state index in [4.69, 9.17) is 5.73 Å². The molecule has 0 aliphatic heterocycles. The molecule has 0 bridgehead atoms. The maximum Gasteiger partial charge on any atom is 0.219 e. The van der Waals surface area contributed by atoms with Crippen molar-refractivity contribution in [3.63, 3.8) is 0 Å². The molecule has 0 fully saturated rings. The SMILES string of the molecule is CSC(C)(C)c1cnc(N)nc1. The molecule has 2 N–H and O–H groups in total. The number of hydrogen-bond acceptors (Lipinski definition) is 4. The van der Waals surface area contributed by atoms with E-state index in [0.29, 0.717) is 5.95 Å². The van der Waals surface area contributed by atoms with Gasteiger partial charge in [-0.1, -0.05) is 0 Å². The molecule has 1 aromatic rings. The van der Waals surface area contributed by atoms with Crippen LogP contribution in [-0.4, -0.2) is 16.2 Å². The van der Waals surface area contributed by atoms with Crippen LogP contribution in [0.5, 0.6) is 0 Å². The standard InChI is InChI=1S/C8H13N3S/c1-8(2,12-3)6-4-10-7(9)11-5-6/h4-5H,1-3H3,(H2,9,10,11). The lowest BCUT2D eigenvalue weighted by Gasteiger charge is -2.21. The number of rotatable bonds is 2. The highest BCUT2D eigenvalue weighted by Gasteiger charge is 2.19. The van der Waals surface area contributed by atoms with Crippen molar-refractivity contribution in [1.82, 2.24) is 9.97 Å². The van der Waals surface area contributed by atoms with Gasteiger partial charge in [-0.15, -0.1) is 0 Å². The average molecular weight is 183 g/mol. The number of nitrogens with two attached hydrogens (primary N) is 1. The molecule has 0 aromatic carbocycles. The number of aromatic nitrogens is 2. The fourth-order valence-corrected chi connectivity index (χ4v) is 1.11. The van der Waals surface area contributed by atoms with E-state index in [2.05, 4.69) is 30.1 Å². The first-order chi connectivity index (χ1) is 5.56. The Balaban J connectivity index is 2.96. The molecule has 1 aromatic heterocycles. The van der Waals surface area contributed by atoms with Crippen molar-refractivity contribution in [3.8, 4) is 0 Å². The van der Waals surface area contributed by atoms with Gasteiger partial charge in [0.1, 0.15) is 0 Å². The normalized spacial score (nSPS) is 11.6. The smallest absolute Gasteiger partial charge is 0.219 e. The lowest BCUT2D eigenvalue weighted by Crippen LogP contribution is -2.12. The van der Waals surface area contributed by atoms with E-state index >= 15 is 0 Å². The molecule has 0 spiro atoms. The van der Waals surface area contributed by atoms with Gasteiger partial charge in [-0.3, -0.25) is 0 Å². The van der Waals surface area contributed by atoms with Gasteiger partial charge in [-0.05, 0) is 20.1 Å². The molecule has 0 saturated carbocycles. The summed E-state index contributed by atoms with van der Waals surface area (Å²) in [7, 11) is 0. The van der Waals surface area contributed by atoms with Crippen LogP contribution in [-0.2, 0) is 4.75 Å². The van der Waals surface area contributed by atoms with E-state index in [1.165, 1.54) is 0 Å². The van der Waals surface area contributed by atoms with Gasteiger partial charge in [-0.2, -0.15) is 11.8 Å². The highest BCUT2D eigenvalue weighted by atomic mass is 32.2. The zero-order chi connectivity index (χ0) is 9.19. The van der Waals surface area contributed by atoms with E-state index in [9.17, 15) is 0 Å². The molecule has 0 aliphatic carbocycles.